The van der Waals surface area contributed by atoms with Crippen LogP contribution in [0.1, 0.15) is 39.5 Å². The molecule has 1 atom stereocenters. The number of aryl methyl sites for hydroxylation is 1. The molecule has 0 bridgehead atoms. The molecule has 9 nitrogen and oxygen atoms in total. The summed E-state index contributed by atoms with van der Waals surface area (Å²) in [6.07, 6.45) is 2.90. The zero-order valence-electron chi connectivity index (χ0n) is 17.9. The van der Waals surface area contributed by atoms with Crippen LogP contribution in [0, 0.1) is 6.92 Å². The van der Waals surface area contributed by atoms with Gasteiger partial charge in [0.25, 0.3) is 5.78 Å². The second kappa shape index (κ2) is 8.47. The number of benzene rings is 1. The first-order chi connectivity index (χ1) is 15.7. The number of phenolic OH excluding ortho intramolecular Hbond substituents is 1. The number of nitrogens with zero attached hydrogens (tertiary/aromatic N) is 3. The van der Waals surface area contributed by atoms with Crippen LogP contribution in [0.4, 0.5) is 5.13 Å². The van der Waals surface area contributed by atoms with Gasteiger partial charge in [-0.3, -0.25) is 24.3 Å². The Morgan fingerprint density at radius 1 is 1.18 bits per heavy atom. The number of carbonyl (C=O) groups excluding carboxylic acids is 3. The summed E-state index contributed by atoms with van der Waals surface area (Å²) in [7, 11) is 1.37. The Morgan fingerprint density at radius 3 is 2.48 bits per heavy atom. The number of aliphatic hydroxyl groups excluding tert-OH is 1. The smallest absolute Gasteiger partial charge is 0.301 e. The molecule has 0 saturated carbocycles. The number of hydrogen-bond acceptors (Lipinski definition) is 9. The number of Topliss-reactive ketones (excluding diaryl/α,β-unsaturated/α-hetero) is 2. The van der Waals surface area contributed by atoms with Gasteiger partial charge >= 0.3 is 5.91 Å². The molecular weight excluding hydrogens is 446 g/mol. The first-order valence-corrected chi connectivity index (χ1v) is 10.6. The number of aromatic hydroxyl groups is 1. The van der Waals surface area contributed by atoms with Crippen LogP contribution in [0.15, 0.2) is 48.3 Å². The predicted octanol–water partition coefficient (Wildman–Crippen LogP) is 3.39. The number of thiazole rings is 1. The molecule has 1 fully saturated rings. The molecule has 2 aromatic heterocycles. The molecular formula is C23H19N3O6S. The molecule has 3 aromatic rings. The Hall–Kier alpha value is -4.05. The molecule has 0 aliphatic carbocycles. The van der Waals surface area contributed by atoms with E-state index in [-0.39, 0.29) is 33.7 Å². The lowest BCUT2D eigenvalue weighted by molar-refractivity contribution is -0.132. The zero-order valence-corrected chi connectivity index (χ0v) is 18.7. The van der Waals surface area contributed by atoms with E-state index in [1.54, 1.807) is 6.92 Å². The first kappa shape index (κ1) is 22.2. The van der Waals surface area contributed by atoms with Crippen molar-refractivity contribution in [2.24, 2.45) is 0 Å². The summed E-state index contributed by atoms with van der Waals surface area (Å²) in [6.45, 7) is 3.03. The third-order valence-corrected chi connectivity index (χ3v) is 6.49. The van der Waals surface area contributed by atoms with E-state index < -0.39 is 17.7 Å². The van der Waals surface area contributed by atoms with Crippen LogP contribution < -0.4 is 9.64 Å². The van der Waals surface area contributed by atoms with Crippen LogP contribution in [0.2, 0.25) is 0 Å². The molecule has 1 aliphatic rings. The highest BCUT2D eigenvalue weighted by molar-refractivity contribution is 7.18. The minimum Gasteiger partial charge on any atom is -0.507 e. The highest BCUT2D eigenvalue weighted by Crippen LogP contribution is 2.45. The molecule has 0 radical (unpaired) electrons. The quantitative estimate of drug-likeness (QED) is 0.254. The monoisotopic (exact) mass is 465 g/mol. The van der Waals surface area contributed by atoms with Crippen LogP contribution in [-0.4, -0.2) is 44.8 Å². The molecule has 1 aromatic carbocycles. The van der Waals surface area contributed by atoms with Gasteiger partial charge in [0.15, 0.2) is 22.4 Å². The van der Waals surface area contributed by atoms with E-state index in [1.165, 1.54) is 56.8 Å². The van der Waals surface area contributed by atoms with Gasteiger partial charge in [-0.05, 0) is 36.8 Å². The fraction of sp³-hybridized carbons (Fsp3) is 0.174. The Balaban J connectivity index is 1.98. The average molecular weight is 465 g/mol. The van der Waals surface area contributed by atoms with Crippen molar-refractivity contribution in [1.82, 2.24) is 9.97 Å². The number of hydrogen-bond donors (Lipinski definition) is 2. The highest BCUT2D eigenvalue weighted by atomic mass is 32.1. The Kier molecular flexibility index (Phi) is 5.69. The molecule has 1 aliphatic heterocycles. The zero-order chi connectivity index (χ0) is 23.9. The minimum absolute atomic E-state index is 0.127. The van der Waals surface area contributed by atoms with Crippen molar-refractivity contribution in [2.45, 2.75) is 19.9 Å². The van der Waals surface area contributed by atoms with E-state index in [9.17, 15) is 24.6 Å². The maximum Gasteiger partial charge on any atom is 0.301 e. The number of methoxy groups -OCH3 is 1. The van der Waals surface area contributed by atoms with Gasteiger partial charge < -0.3 is 14.9 Å². The van der Waals surface area contributed by atoms with Crippen LogP contribution >= 0.6 is 11.3 Å². The maximum absolute atomic E-state index is 13.2. The number of pyridine rings is 1. The van der Waals surface area contributed by atoms with Crippen molar-refractivity contribution >= 4 is 39.7 Å². The van der Waals surface area contributed by atoms with E-state index in [0.717, 1.165) is 16.2 Å². The molecule has 10 heteroatoms. The van der Waals surface area contributed by atoms with Gasteiger partial charge in [0.2, 0.25) is 0 Å². The van der Waals surface area contributed by atoms with Gasteiger partial charge in [0.1, 0.15) is 5.76 Å². The lowest BCUT2D eigenvalue weighted by atomic mass is 9.95. The van der Waals surface area contributed by atoms with Crippen molar-refractivity contribution in [3.8, 4) is 11.5 Å². The number of anilines is 1. The van der Waals surface area contributed by atoms with Crippen LogP contribution in [0.3, 0.4) is 0 Å². The van der Waals surface area contributed by atoms with E-state index in [0.29, 0.717) is 21.7 Å². The van der Waals surface area contributed by atoms with E-state index in [4.69, 9.17) is 4.74 Å². The number of aliphatic hydroxyl groups is 1. The molecule has 1 unspecified atom stereocenters. The average Bonchev–Trinajstić information content (AvgIpc) is 3.31. The fourth-order valence-corrected chi connectivity index (χ4v) is 4.68. The van der Waals surface area contributed by atoms with Gasteiger partial charge in [0.05, 0.1) is 29.3 Å². The lowest BCUT2D eigenvalue weighted by Gasteiger charge is -2.23. The van der Waals surface area contributed by atoms with Crippen molar-refractivity contribution in [2.75, 3.05) is 12.0 Å². The summed E-state index contributed by atoms with van der Waals surface area (Å²) in [5, 5.41) is 21.2. The summed E-state index contributed by atoms with van der Waals surface area (Å²) in [5.41, 5.74) is 0.979. The molecule has 4 rings (SSSR count). The lowest BCUT2D eigenvalue weighted by Crippen LogP contribution is -2.29. The molecule has 3 heterocycles. The van der Waals surface area contributed by atoms with E-state index in [2.05, 4.69) is 9.97 Å². The van der Waals surface area contributed by atoms with Gasteiger partial charge in [-0.15, -0.1) is 0 Å². The van der Waals surface area contributed by atoms with E-state index in [1.807, 2.05) is 0 Å². The van der Waals surface area contributed by atoms with Crippen LogP contribution in [0.25, 0.3) is 5.76 Å². The number of ether oxygens (including phenoxy) is 1. The van der Waals surface area contributed by atoms with Crippen molar-refractivity contribution in [1.29, 1.82) is 0 Å². The van der Waals surface area contributed by atoms with Gasteiger partial charge in [-0.1, -0.05) is 17.4 Å². The molecule has 33 heavy (non-hydrogen) atoms. The van der Waals surface area contributed by atoms with Gasteiger partial charge in [-0.2, -0.15) is 0 Å². The molecule has 168 valence electrons. The Morgan fingerprint density at radius 2 is 1.88 bits per heavy atom. The number of ketones is 2. The van der Waals surface area contributed by atoms with E-state index >= 15 is 0 Å². The standard InChI is InChI=1S/C23H19N3O6S/c1-11-21(12(2)27)33-23(25-11)26-18(14-4-5-15(28)16(10-14)32-3)17(20(30)22(26)31)19(29)13-6-8-24-9-7-13/h4-10,18,28-29H,1-3H3/b19-17+. The fourth-order valence-electron chi connectivity index (χ4n) is 3.69. The Labute approximate surface area is 192 Å². The van der Waals surface area contributed by atoms with Gasteiger partial charge in [-0.25, -0.2) is 4.98 Å². The number of amides is 1. The van der Waals surface area contributed by atoms with Crippen molar-refractivity contribution in [3.63, 3.8) is 0 Å². The normalized spacial score (nSPS) is 17.4. The molecule has 1 amide bonds. The van der Waals surface area contributed by atoms with Crippen molar-refractivity contribution < 1.29 is 29.3 Å². The topological polar surface area (TPSA) is 130 Å². The highest BCUT2D eigenvalue weighted by Gasteiger charge is 2.48. The van der Waals surface area contributed by atoms with Crippen LogP contribution in [0.5, 0.6) is 11.5 Å². The molecule has 2 N–H and O–H groups in total. The number of carbonyl (C=O) groups is 3. The number of phenols is 1. The first-order valence-electron chi connectivity index (χ1n) is 9.81. The number of aromatic nitrogens is 2. The minimum atomic E-state index is -1.07. The number of rotatable bonds is 5. The SMILES string of the molecule is COc1cc(C2/C(=C(\O)c3ccncc3)C(=O)C(=O)N2c2nc(C)c(C(C)=O)s2)ccc1O. The third kappa shape index (κ3) is 3.74. The largest absolute Gasteiger partial charge is 0.507 e. The molecule has 0 spiro atoms. The second-order valence-corrected chi connectivity index (χ2v) is 8.28. The summed E-state index contributed by atoms with van der Waals surface area (Å²) in [5.74, 6) is -2.40. The Bertz CT molecular complexity index is 1310. The van der Waals surface area contributed by atoms with Gasteiger partial charge in [0, 0.05) is 24.9 Å². The second-order valence-electron chi connectivity index (χ2n) is 7.30. The summed E-state index contributed by atoms with van der Waals surface area (Å²) in [4.78, 5) is 48.1. The third-order valence-electron chi connectivity index (χ3n) is 5.23. The maximum atomic E-state index is 13.2. The summed E-state index contributed by atoms with van der Waals surface area (Å²) in [6, 6.07) is 6.32. The van der Waals surface area contributed by atoms with Crippen LogP contribution in [-0.2, 0) is 9.59 Å². The van der Waals surface area contributed by atoms with Crippen molar-refractivity contribution in [3.05, 3.63) is 70.0 Å². The summed E-state index contributed by atoms with van der Waals surface area (Å²) >= 11 is 0.989. The predicted molar refractivity (Wildman–Crippen MR) is 121 cm³/mol. The molecule has 1 saturated heterocycles. The summed E-state index contributed by atoms with van der Waals surface area (Å²) < 4.78 is 5.19.